The van der Waals surface area contributed by atoms with Gasteiger partial charge in [-0.15, -0.1) is 0 Å². The van der Waals surface area contributed by atoms with Crippen LogP contribution in [-0.4, -0.2) is 19.9 Å². The lowest BCUT2D eigenvalue weighted by Crippen LogP contribution is -2.01. The zero-order chi connectivity index (χ0) is 29.7. The smallest absolute Gasteiger partial charge is 0.164 e. The van der Waals surface area contributed by atoms with Crippen LogP contribution in [0.15, 0.2) is 150 Å². The van der Waals surface area contributed by atoms with Crippen LogP contribution in [0.1, 0.15) is 0 Å². The molecule has 45 heavy (non-hydrogen) atoms. The maximum absolute atomic E-state index is 6.17. The Morgan fingerprint density at radius 2 is 1.13 bits per heavy atom. The van der Waals surface area contributed by atoms with Crippen LogP contribution in [0.3, 0.4) is 0 Å². The summed E-state index contributed by atoms with van der Waals surface area (Å²) < 4.78 is 6.17. The Bertz CT molecular complexity index is 2550. The van der Waals surface area contributed by atoms with Crippen LogP contribution in [0, 0.1) is 0 Å². The van der Waals surface area contributed by atoms with Gasteiger partial charge in [0.2, 0.25) is 0 Å². The fourth-order valence-corrected chi connectivity index (χ4v) is 6.21. The molecule has 210 valence electrons. The van der Waals surface area contributed by atoms with Crippen LogP contribution in [0.5, 0.6) is 0 Å². The molecule has 0 spiro atoms. The largest absolute Gasteiger partial charge is 0.454 e. The van der Waals surface area contributed by atoms with Crippen molar-refractivity contribution in [3.05, 3.63) is 146 Å². The summed E-state index contributed by atoms with van der Waals surface area (Å²) in [6.07, 6.45) is 1.79. The number of aromatic nitrogens is 4. The van der Waals surface area contributed by atoms with Crippen LogP contribution in [0.25, 0.3) is 88.9 Å². The van der Waals surface area contributed by atoms with Crippen LogP contribution in [0.4, 0.5) is 0 Å². The van der Waals surface area contributed by atoms with Crippen LogP contribution < -0.4 is 0 Å². The third-order valence-corrected chi connectivity index (χ3v) is 8.34. The lowest BCUT2D eigenvalue weighted by atomic mass is 9.95. The fourth-order valence-electron chi connectivity index (χ4n) is 6.21. The van der Waals surface area contributed by atoms with Crippen molar-refractivity contribution < 1.29 is 4.42 Å². The van der Waals surface area contributed by atoms with Gasteiger partial charge in [-0.1, -0.05) is 103 Å². The Hall–Kier alpha value is -6.20. The minimum atomic E-state index is 0.566. The monoisotopic (exact) mass is 576 g/mol. The standard InChI is InChI=1S/C40H24N4O/c1-2-11-26(12-3-1)33-24-30(23-28-14-6-7-15-31(28)33)39-42-38(29-20-19-25-10-4-5-13-27(25)22-29)43-40(44-39)32-16-8-17-34-36(32)37-35(45-34)18-9-21-41-37/h1-24H. The topological polar surface area (TPSA) is 64.7 Å². The molecule has 0 aliphatic rings. The highest BCUT2D eigenvalue weighted by Gasteiger charge is 2.19. The van der Waals surface area contributed by atoms with Crippen molar-refractivity contribution in [2.75, 3.05) is 0 Å². The van der Waals surface area contributed by atoms with E-state index in [1.165, 1.54) is 10.8 Å². The zero-order valence-corrected chi connectivity index (χ0v) is 24.1. The van der Waals surface area contributed by atoms with Gasteiger partial charge >= 0.3 is 0 Å². The molecule has 3 heterocycles. The third kappa shape index (κ3) is 4.33. The molecule has 0 atom stereocenters. The Kier molecular flexibility index (Phi) is 5.74. The van der Waals surface area contributed by atoms with E-state index in [0.29, 0.717) is 17.5 Å². The fraction of sp³-hybridized carbons (Fsp3) is 0. The second-order valence-corrected chi connectivity index (χ2v) is 11.1. The molecule has 0 fully saturated rings. The first-order chi connectivity index (χ1) is 22.3. The molecule has 0 amide bonds. The summed E-state index contributed by atoms with van der Waals surface area (Å²) in [7, 11) is 0. The first-order valence-electron chi connectivity index (χ1n) is 14.9. The van der Waals surface area contributed by atoms with Gasteiger partial charge in [-0.2, -0.15) is 0 Å². The van der Waals surface area contributed by atoms with E-state index >= 15 is 0 Å². The van der Waals surface area contributed by atoms with Gasteiger partial charge < -0.3 is 4.42 Å². The van der Waals surface area contributed by atoms with Crippen molar-refractivity contribution in [1.82, 2.24) is 19.9 Å². The number of benzene rings is 6. The summed E-state index contributed by atoms with van der Waals surface area (Å²) in [6, 6.07) is 47.7. The number of pyridine rings is 1. The maximum atomic E-state index is 6.17. The van der Waals surface area contributed by atoms with E-state index in [1.807, 2.05) is 42.5 Å². The SMILES string of the molecule is c1ccc(-c2cc(-c3nc(-c4ccc5ccccc5c4)nc(-c4cccc5oc6cccnc6c45)n3)cc3ccccc23)cc1. The second kappa shape index (κ2) is 10.2. The summed E-state index contributed by atoms with van der Waals surface area (Å²) in [4.78, 5) is 20.0. The lowest BCUT2D eigenvalue weighted by Gasteiger charge is -2.13. The second-order valence-electron chi connectivity index (χ2n) is 11.1. The lowest BCUT2D eigenvalue weighted by molar-refractivity contribution is 0.668. The molecular weight excluding hydrogens is 552 g/mol. The number of hydrogen-bond acceptors (Lipinski definition) is 5. The summed E-state index contributed by atoms with van der Waals surface area (Å²) in [5.41, 5.74) is 7.21. The summed E-state index contributed by atoms with van der Waals surface area (Å²) in [6.45, 7) is 0. The molecule has 0 aliphatic heterocycles. The van der Waals surface area contributed by atoms with Crippen molar-refractivity contribution in [2.24, 2.45) is 0 Å². The number of fused-ring (bicyclic) bond motifs is 5. The predicted molar refractivity (Wildman–Crippen MR) is 182 cm³/mol. The number of nitrogens with zero attached hydrogens (tertiary/aromatic N) is 4. The first kappa shape index (κ1) is 25.3. The van der Waals surface area contributed by atoms with Crippen LogP contribution in [-0.2, 0) is 0 Å². The van der Waals surface area contributed by atoms with Gasteiger partial charge in [0, 0.05) is 22.9 Å². The van der Waals surface area contributed by atoms with E-state index in [1.54, 1.807) is 6.20 Å². The van der Waals surface area contributed by atoms with Gasteiger partial charge in [0.25, 0.3) is 0 Å². The first-order valence-corrected chi connectivity index (χ1v) is 14.9. The molecule has 0 saturated carbocycles. The molecular formula is C40H24N4O. The molecule has 9 rings (SSSR count). The summed E-state index contributed by atoms with van der Waals surface area (Å²) in [5.74, 6) is 1.77. The zero-order valence-electron chi connectivity index (χ0n) is 24.1. The Morgan fingerprint density at radius 3 is 2.02 bits per heavy atom. The summed E-state index contributed by atoms with van der Waals surface area (Å²) >= 11 is 0. The molecule has 0 saturated heterocycles. The van der Waals surface area contributed by atoms with E-state index in [4.69, 9.17) is 19.4 Å². The summed E-state index contributed by atoms with van der Waals surface area (Å²) in [5, 5.41) is 5.48. The number of furan rings is 1. The minimum Gasteiger partial charge on any atom is -0.454 e. The normalized spacial score (nSPS) is 11.6. The number of rotatable bonds is 4. The van der Waals surface area contributed by atoms with E-state index in [-0.39, 0.29) is 0 Å². The Labute approximate surface area is 258 Å². The third-order valence-electron chi connectivity index (χ3n) is 8.34. The highest BCUT2D eigenvalue weighted by atomic mass is 16.3. The molecule has 0 unspecified atom stereocenters. The van der Waals surface area contributed by atoms with E-state index in [9.17, 15) is 0 Å². The van der Waals surface area contributed by atoms with Gasteiger partial charge in [0.05, 0.1) is 5.39 Å². The van der Waals surface area contributed by atoms with E-state index in [2.05, 4.69) is 102 Å². The molecule has 0 radical (unpaired) electrons. The van der Waals surface area contributed by atoms with Crippen LogP contribution in [0.2, 0.25) is 0 Å². The molecule has 9 aromatic rings. The molecule has 6 aromatic carbocycles. The molecule has 0 bridgehead atoms. The van der Waals surface area contributed by atoms with Gasteiger partial charge in [-0.25, -0.2) is 15.0 Å². The van der Waals surface area contributed by atoms with Crippen molar-refractivity contribution in [1.29, 1.82) is 0 Å². The van der Waals surface area contributed by atoms with Crippen molar-refractivity contribution >= 4 is 43.6 Å². The molecule has 5 heteroatoms. The van der Waals surface area contributed by atoms with Crippen molar-refractivity contribution in [3.63, 3.8) is 0 Å². The Balaban J connectivity index is 1.33. The quantitative estimate of drug-likeness (QED) is 0.209. The minimum absolute atomic E-state index is 0.566. The molecule has 0 aliphatic carbocycles. The van der Waals surface area contributed by atoms with Crippen molar-refractivity contribution in [3.8, 4) is 45.3 Å². The van der Waals surface area contributed by atoms with E-state index < -0.39 is 0 Å². The molecule has 5 nitrogen and oxygen atoms in total. The highest BCUT2D eigenvalue weighted by Crippen LogP contribution is 2.37. The van der Waals surface area contributed by atoms with Gasteiger partial charge in [0.1, 0.15) is 11.1 Å². The average molecular weight is 577 g/mol. The Morgan fingerprint density at radius 1 is 0.422 bits per heavy atom. The number of hydrogen-bond donors (Lipinski definition) is 0. The maximum Gasteiger partial charge on any atom is 0.164 e. The van der Waals surface area contributed by atoms with Gasteiger partial charge in [-0.05, 0) is 69.1 Å². The van der Waals surface area contributed by atoms with Crippen LogP contribution >= 0.6 is 0 Å². The molecule has 3 aromatic heterocycles. The van der Waals surface area contributed by atoms with Gasteiger partial charge in [0.15, 0.2) is 23.1 Å². The van der Waals surface area contributed by atoms with Gasteiger partial charge in [-0.3, -0.25) is 4.98 Å². The van der Waals surface area contributed by atoms with E-state index in [0.717, 1.165) is 60.7 Å². The highest BCUT2D eigenvalue weighted by molar-refractivity contribution is 6.10. The average Bonchev–Trinajstić information content (AvgIpc) is 3.50. The molecule has 0 N–H and O–H groups in total. The predicted octanol–water partition coefficient (Wildman–Crippen LogP) is 10.1. The van der Waals surface area contributed by atoms with Crippen molar-refractivity contribution in [2.45, 2.75) is 0 Å².